The lowest BCUT2D eigenvalue weighted by molar-refractivity contribution is -0.295. The molecular weight excluding hydrogens is 332 g/mol. The molecule has 6 heteroatoms. The first-order chi connectivity index (χ1) is 12.6. The minimum absolute atomic E-state index is 0.144. The Kier molecular flexibility index (Phi) is 2.63. The summed E-state index contributed by atoms with van der Waals surface area (Å²) >= 11 is 0. The zero-order valence-electron chi connectivity index (χ0n) is 13.8. The van der Waals surface area contributed by atoms with E-state index in [1.54, 1.807) is 0 Å². The molecule has 6 rings (SSSR count). The van der Waals surface area contributed by atoms with Crippen molar-refractivity contribution in [3.8, 4) is 0 Å². The highest BCUT2D eigenvalue weighted by atomic mass is 16.8. The van der Waals surface area contributed by atoms with Gasteiger partial charge in [-0.1, -0.05) is 34.5 Å². The fraction of sp³-hybridized carbons (Fsp3) is 0.300. The number of hydrazine groups is 1. The monoisotopic (exact) mass is 348 g/mol. The molecule has 130 valence electrons. The largest absolute Gasteiger partial charge is 0.545 e. The lowest BCUT2D eigenvalue weighted by Gasteiger charge is -2.39. The molecule has 4 atom stereocenters. The Labute approximate surface area is 147 Å². The van der Waals surface area contributed by atoms with Crippen molar-refractivity contribution in [1.29, 1.82) is 0 Å². The number of fused-ring (bicyclic) bond motifs is 7. The van der Waals surface area contributed by atoms with Crippen LogP contribution in [0.4, 0.5) is 0 Å². The summed E-state index contributed by atoms with van der Waals surface area (Å²) in [6, 6.07) is 11.4. The highest BCUT2D eigenvalue weighted by Crippen LogP contribution is 2.47. The second kappa shape index (κ2) is 4.72. The Hall–Kier alpha value is -2.70. The second-order valence-corrected chi connectivity index (χ2v) is 7.47. The van der Waals surface area contributed by atoms with Gasteiger partial charge >= 0.3 is 0 Å². The van der Waals surface area contributed by atoms with Crippen LogP contribution in [0.25, 0.3) is 5.57 Å². The number of carboxylic acid groups (broad SMARTS) is 1. The molecule has 2 aliphatic heterocycles. The van der Waals surface area contributed by atoms with E-state index in [4.69, 9.17) is 4.84 Å². The van der Waals surface area contributed by atoms with E-state index in [1.165, 1.54) is 5.56 Å². The van der Waals surface area contributed by atoms with Crippen molar-refractivity contribution < 1.29 is 19.8 Å². The Morgan fingerprint density at radius 3 is 2.73 bits per heavy atom. The van der Waals surface area contributed by atoms with E-state index in [0.717, 1.165) is 28.6 Å². The number of carboxylic acids is 1. The number of hydrogen-bond donors (Lipinski definition) is 2. The maximum Gasteiger partial charge on any atom is 0.252 e. The molecule has 0 bridgehead atoms. The molecule has 2 aliphatic carbocycles. The normalized spacial score (nSPS) is 29.7. The average molecular weight is 348 g/mol. The van der Waals surface area contributed by atoms with Gasteiger partial charge in [-0.25, -0.2) is 0 Å². The fourth-order valence-corrected chi connectivity index (χ4v) is 5.14. The first-order valence-corrected chi connectivity index (χ1v) is 8.90. The molecule has 4 aliphatic rings. The molecule has 1 saturated carbocycles. The summed E-state index contributed by atoms with van der Waals surface area (Å²) in [6.45, 7) is 0. The third kappa shape index (κ3) is 1.59. The standard InChI is InChI=1S/C20H16N2O4/c23-19(24)17-11-4-2-1-3-9(11)13-7-14-10-5-6-12(10)18-20(25)26-21-22(18)16(14)8-15(13)17/h1-4,7-8,10,12,18,20-21,25H,5-6H2. The van der Waals surface area contributed by atoms with Crippen molar-refractivity contribution in [2.75, 3.05) is 0 Å². The van der Waals surface area contributed by atoms with Gasteiger partial charge in [-0.2, -0.15) is 4.84 Å². The van der Waals surface area contributed by atoms with Crippen molar-refractivity contribution in [3.63, 3.8) is 0 Å². The molecule has 1 saturated heterocycles. The van der Waals surface area contributed by atoms with Gasteiger partial charge in [0, 0.05) is 23.1 Å². The van der Waals surface area contributed by atoms with Crippen LogP contribution in [0.1, 0.15) is 29.9 Å². The zero-order valence-corrected chi connectivity index (χ0v) is 13.8. The van der Waals surface area contributed by atoms with Crippen LogP contribution in [0.5, 0.6) is 0 Å². The number of carbonyl (C=O) groups excluding carboxylic acids is 1. The maximum absolute atomic E-state index is 11.9. The molecular formula is C20H16N2O4. The van der Waals surface area contributed by atoms with Crippen molar-refractivity contribution >= 4 is 11.5 Å². The molecule has 4 unspecified atom stereocenters. The van der Waals surface area contributed by atoms with Crippen molar-refractivity contribution in [3.05, 3.63) is 68.5 Å². The quantitative estimate of drug-likeness (QED) is 0.605. The van der Waals surface area contributed by atoms with Crippen LogP contribution in [0, 0.1) is 16.4 Å². The van der Waals surface area contributed by atoms with Gasteiger partial charge in [0.1, 0.15) is 0 Å². The van der Waals surface area contributed by atoms with Gasteiger partial charge in [-0.15, -0.1) is 0 Å². The number of aliphatic hydroxyl groups is 1. The van der Waals surface area contributed by atoms with Gasteiger partial charge in [0.2, 0.25) is 11.4 Å². The third-order valence-corrected chi connectivity index (χ3v) is 6.41. The van der Waals surface area contributed by atoms with Gasteiger partial charge in [0.25, 0.3) is 6.29 Å². The van der Waals surface area contributed by atoms with E-state index in [-0.39, 0.29) is 11.6 Å². The number of aliphatic hydroxyl groups excluding tert-OH is 1. The molecule has 0 spiro atoms. The molecule has 0 aromatic heterocycles. The highest BCUT2D eigenvalue weighted by molar-refractivity contribution is 6.14. The third-order valence-electron chi connectivity index (χ3n) is 6.41. The van der Waals surface area contributed by atoms with Crippen LogP contribution in [0.3, 0.4) is 0 Å². The number of rotatable bonds is 1. The summed E-state index contributed by atoms with van der Waals surface area (Å²) in [5, 5.41) is 25.6. The molecule has 26 heavy (non-hydrogen) atoms. The lowest BCUT2D eigenvalue weighted by atomic mass is 9.64. The first-order valence-electron chi connectivity index (χ1n) is 8.90. The number of carbonyl (C=O) groups is 1. The van der Waals surface area contributed by atoms with E-state index in [0.29, 0.717) is 22.6 Å². The maximum atomic E-state index is 11.9. The Morgan fingerprint density at radius 2 is 2.00 bits per heavy atom. The summed E-state index contributed by atoms with van der Waals surface area (Å²) in [4.78, 5) is 17.1. The minimum atomic E-state index is -1.17. The predicted molar refractivity (Wildman–Crippen MR) is 88.0 cm³/mol. The summed E-state index contributed by atoms with van der Waals surface area (Å²) in [6.07, 6.45) is 1.25. The van der Waals surface area contributed by atoms with Crippen LogP contribution in [0.15, 0.2) is 36.4 Å². The second-order valence-electron chi connectivity index (χ2n) is 7.47. The molecule has 2 aromatic carbocycles. The van der Waals surface area contributed by atoms with E-state index in [2.05, 4.69) is 11.7 Å². The minimum Gasteiger partial charge on any atom is -0.545 e. The van der Waals surface area contributed by atoms with Crippen molar-refractivity contribution in [1.82, 2.24) is 10.3 Å². The van der Waals surface area contributed by atoms with Gasteiger partial charge in [0.05, 0.1) is 5.97 Å². The van der Waals surface area contributed by atoms with Gasteiger partial charge in [0.15, 0.2) is 0 Å². The lowest BCUT2D eigenvalue weighted by Crippen LogP contribution is -2.56. The summed E-state index contributed by atoms with van der Waals surface area (Å²) in [5.74, 6) is -0.462. The number of benzene rings is 2. The van der Waals surface area contributed by atoms with Gasteiger partial charge in [-0.3, -0.25) is 0 Å². The number of nitrogens with zero attached hydrogens (tertiary/aromatic N) is 1. The SMILES string of the molecule is O=C([O-])C1=c2ccccc2=c2cc3c(cc21)=[N+]1NOC(O)C1C1CCC31. The Bertz CT molecular complexity index is 1220. The number of nitrogens with one attached hydrogen (secondary N) is 1. The molecule has 0 radical (unpaired) electrons. The molecule has 0 amide bonds. The highest BCUT2D eigenvalue weighted by Gasteiger charge is 2.56. The fourth-order valence-electron chi connectivity index (χ4n) is 5.14. The van der Waals surface area contributed by atoms with E-state index in [1.807, 2.05) is 35.0 Å². The van der Waals surface area contributed by atoms with Crippen molar-refractivity contribution in [2.24, 2.45) is 5.92 Å². The Morgan fingerprint density at radius 1 is 1.19 bits per heavy atom. The summed E-state index contributed by atoms with van der Waals surface area (Å²) in [5.41, 5.74) is 4.91. The van der Waals surface area contributed by atoms with Gasteiger partial charge < -0.3 is 15.0 Å². The topological polar surface area (TPSA) is 84.6 Å². The number of aliphatic carboxylic acids is 1. The average Bonchev–Trinajstić information content (AvgIpc) is 3.12. The van der Waals surface area contributed by atoms with Crippen LogP contribution in [0.2, 0.25) is 0 Å². The van der Waals surface area contributed by atoms with Crippen LogP contribution in [-0.2, 0) is 9.63 Å². The Balaban J connectivity index is 1.77. The smallest absolute Gasteiger partial charge is 0.252 e. The number of hydrogen-bond acceptors (Lipinski definition) is 5. The van der Waals surface area contributed by atoms with Crippen LogP contribution >= 0.6 is 0 Å². The zero-order chi connectivity index (χ0) is 17.6. The van der Waals surface area contributed by atoms with E-state index < -0.39 is 12.3 Å². The molecule has 2 N–H and O–H groups in total. The molecule has 6 nitrogen and oxygen atoms in total. The van der Waals surface area contributed by atoms with Crippen LogP contribution in [-0.4, -0.2) is 23.4 Å². The van der Waals surface area contributed by atoms with Crippen LogP contribution < -0.4 is 26.0 Å². The van der Waals surface area contributed by atoms with E-state index in [9.17, 15) is 15.0 Å². The summed E-state index contributed by atoms with van der Waals surface area (Å²) < 4.78 is 1.86. The molecule has 2 fully saturated rings. The van der Waals surface area contributed by atoms with E-state index >= 15 is 0 Å². The molecule has 2 aromatic rings. The first kappa shape index (κ1) is 14.5. The molecule has 2 heterocycles. The summed E-state index contributed by atoms with van der Waals surface area (Å²) in [7, 11) is 0. The van der Waals surface area contributed by atoms with Crippen molar-refractivity contribution in [2.45, 2.75) is 31.1 Å². The van der Waals surface area contributed by atoms with Gasteiger partial charge in [-0.05, 0) is 46.0 Å². The predicted octanol–water partition coefficient (Wildman–Crippen LogP) is -1.63.